The van der Waals surface area contributed by atoms with E-state index in [0.717, 1.165) is 32.1 Å². The van der Waals surface area contributed by atoms with Gasteiger partial charge < -0.3 is 10.6 Å². The number of hydrogen-bond donors (Lipinski definition) is 1. The smallest absolute Gasteiger partial charge is 0.191 e. The zero-order valence-electron chi connectivity index (χ0n) is 10.7. The standard InChI is InChI=1S/C11H22N4S2.HI/c12-11(15-5-9-17-10-6-15)13-1-2-14-3-7-16-8-4-14;/h1-10H2,(H2,12,13);1H. The number of nitrogens with zero attached hydrogens (tertiary/aromatic N) is 3. The van der Waals surface area contributed by atoms with Crippen molar-refractivity contribution < 1.29 is 0 Å². The molecule has 0 amide bonds. The van der Waals surface area contributed by atoms with E-state index in [1.165, 1.54) is 36.1 Å². The highest BCUT2D eigenvalue weighted by atomic mass is 127. The maximum atomic E-state index is 6.01. The van der Waals surface area contributed by atoms with E-state index in [2.05, 4.69) is 14.8 Å². The Morgan fingerprint density at radius 1 is 1.00 bits per heavy atom. The van der Waals surface area contributed by atoms with E-state index in [0.29, 0.717) is 0 Å². The first-order valence-electron chi connectivity index (χ1n) is 6.29. The van der Waals surface area contributed by atoms with Crippen LogP contribution in [-0.4, -0.2) is 78.0 Å². The summed E-state index contributed by atoms with van der Waals surface area (Å²) in [5.74, 6) is 5.64. The molecular weight excluding hydrogens is 379 g/mol. The van der Waals surface area contributed by atoms with Crippen molar-refractivity contribution in [2.75, 3.05) is 62.3 Å². The lowest BCUT2D eigenvalue weighted by atomic mass is 10.4. The van der Waals surface area contributed by atoms with Crippen molar-refractivity contribution in [1.29, 1.82) is 0 Å². The normalized spacial score (nSPS) is 22.7. The fourth-order valence-electron chi connectivity index (χ4n) is 2.02. The van der Waals surface area contributed by atoms with Crippen LogP contribution >= 0.6 is 47.5 Å². The van der Waals surface area contributed by atoms with E-state index >= 15 is 0 Å². The lowest BCUT2D eigenvalue weighted by Crippen LogP contribution is -2.43. The van der Waals surface area contributed by atoms with E-state index in [1.54, 1.807) is 0 Å². The molecule has 0 atom stereocenters. The van der Waals surface area contributed by atoms with Gasteiger partial charge in [0.05, 0.1) is 6.54 Å². The van der Waals surface area contributed by atoms with Gasteiger partial charge in [-0.25, -0.2) is 0 Å². The van der Waals surface area contributed by atoms with Crippen molar-refractivity contribution in [2.45, 2.75) is 0 Å². The molecule has 0 radical (unpaired) electrons. The van der Waals surface area contributed by atoms with Crippen LogP contribution in [0.3, 0.4) is 0 Å². The zero-order chi connectivity index (χ0) is 11.9. The number of rotatable bonds is 3. The maximum Gasteiger partial charge on any atom is 0.191 e. The third kappa shape index (κ3) is 5.75. The first-order valence-corrected chi connectivity index (χ1v) is 8.60. The lowest BCUT2D eigenvalue weighted by Gasteiger charge is -2.28. The monoisotopic (exact) mass is 402 g/mol. The van der Waals surface area contributed by atoms with Gasteiger partial charge in [0.1, 0.15) is 0 Å². The Balaban J connectivity index is 0.00000162. The summed E-state index contributed by atoms with van der Waals surface area (Å²) in [6, 6.07) is 0. The molecule has 2 saturated heterocycles. The highest BCUT2D eigenvalue weighted by Gasteiger charge is 2.12. The van der Waals surface area contributed by atoms with Gasteiger partial charge in [0.2, 0.25) is 0 Å². The molecule has 0 aromatic heterocycles. The first kappa shape index (κ1) is 16.7. The predicted octanol–water partition coefficient (Wildman–Crippen LogP) is 1.02. The van der Waals surface area contributed by atoms with E-state index < -0.39 is 0 Å². The molecule has 2 rings (SSSR count). The molecule has 0 unspecified atom stereocenters. The van der Waals surface area contributed by atoms with E-state index in [4.69, 9.17) is 5.73 Å². The predicted molar refractivity (Wildman–Crippen MR) is 94.6 cm³/mol. The van der Waals surface area contributed by atoms with Crippen molar-refractivity contribution >= 4 is 53.5 Å². The largest absolute Gasteiger partial charge is 0.370 e. The highest BCUT2D eigenvalue weighted by molar-refractivity contribution is 14.0. The van der Waals surface area contributed by atoms with Crippen LogP contribution in [0.15, 0.2) is 4.99 Å². The third-order valence-electron chi connectivity index (χ3n) is 3.13. The Labute approximate surface area is 136 Å². The Kier molecular flexibility index (Phi) is 8.86. The Bertz CT molecular complexity index is 253. The minimum Gasteiger partial charge on any atom is -0.370 e. The number of thioether (sulfide) groups is 2. The number of nitrogens with two attached hydrogens (primary N) is 1. The van der Waals surface area contributed by atoms with Crippen LogP contribution in [0.2, 0.25) is 0 Å². The molecule has 0 bridgehead atoms. The summed E-state index contributed by atoms with van der Waals surface area (Å²) in [4.78, 5) is 9.20. The molecule has 2 aliphatic rings. The molecule has 2 aliphatic heterocycles. The summed E-state index contributed by atoms with van der Waals surface area (Å²) >= 11 is 4.05. The molecule has 0 aromatic carbocycles. The van der Waals surface area contributed by atoms with E-state index in [9.17, 15) is 0 Å². The van der Waals surface area contributed by atoms with Gasteiger partial charge >= 0.3 is 0 Å². The summed E-state index contributed by atoms with van der Waals surface area (Å²) in [5, 5.41) is 0. The quantitative estimate of drug-likeness (QED) is 0.434. The van der Waals surface area contributed by atoms with Crippen LogP contribution in [0, 0.1) is 0 Å². The number of aliphatic imine (C=N–C) groups is 1. The topological polar surface area (TPSA) is 44.9 Å². The molecule has 106 valence electrons. The van der Waals surface area contributed by atoms with Crippen molar-refractivity contribution in [3.8, 4) is 0 Å². The minimum atomic E-state index is 0. The molecule has 2 heterocycles. The summed E-state index contributed by atoms with van der Waals surface area (Å²) in [6.45, 7) is 6.44. The molecule has 2 fully saturated rings. The van der Waals surface area contributed by atoms with Gasteiger partial charge in [-0.2, -0.15) is 23.5 Å². The SMILES string of the molecule is I.NC(=NCCN1CCSCC1)N1CCSCC1. The molecule has 2 N–H and O–H groups in total. The van der Waals surface area contributed by atoms with Crippen LogP contribution in [0.5, 0.6) is 0 Å². The van der Waals surface area contributed by atoms with Gasteiger partial charge in [-0.3, -0.25) is 9.89 Å². The van der Waals surface area contributed by atoms with Crippen LogP contribution in [0.4, 0.5) is 0 Å². The van der Waals surface area contributed by atoms with Gasteiger partial charge in [-0.15, -0.1) is 24.0 Å². The Hall–Kier alpha value is 0.660. The number of halogens is 1. The average molecular weight is 402 g/mol. The van der Waals surface area contributed by atoms with Crippen molar-refractivity contribution in [3.05, 3.63) is 0 Å². The molecule has 18 heavy (non-hydrogen) atoms. The molecule has 0 aliphatic carbocycles. The second-order valence-corrected chi connectivity index (χ2v) is 6.74. The lowest BCUT2D eigenvalue weighted by molar-refractivity contribution is 0.311. The van der Waals surface area contributed by atoms with Crippen LogP contribution in [0.25, 0.3) is 0 Å². The van der Waals surface area contributed by atoms with Crippen LogP contribution in [-0.2, 0) is 0 Å². The number of hydrogen-bond acceptors (Lipinski definition) is 4. The molecule has 0 spiro atoms. The number of guanidine groups is 1. The Morgan fingerprint density at radius 3 is 2.17 bits per heavy atom. The minimum absolute atomic E-state index is 0. The third-order valence-corrected chi connectivity index (χ3v) is 5.01. The van der Waals surface area contributed by atoms with Crippen molar-refractivity contribution in [3.63, 3.8) is 0 Å². The summed E-state index contributed by atoms with van der Waals surface area (Å²) in [6.07, 6.45) is 0. The Morgan fingerprint density at radius 2 is 1.56 bits per heavy atom. The molecule has 4 nitrogen and oxygen atoms in total. The molecule has 7 heteroatoms. The van der Waals surface area contributed by atoms with Gasteiger partial charge in [0.15, 0.2) is 5.96 Å². The molecular formula is C11H23IN4S2. The fourth-order valence-corrected chi connectivity index (χ4v) is 3.91. The van der Waals surface area contributed by atoms with Crippen LogP contribution < -0.4 is 5.73 Å². The van der Waals surface area contributed by atoms with Crippen molar-refractivity contribution in [1.82, 2.24) is 9.80 Å². The van der Waals surface area contributed by atoms with E-state index in [1.807, 2.05) is 23.5 Å². The second-order valence-electron chi connectivity index (χ2n) is 4.29. The summed E-state index contributed by atoms with van der Waals surface area (Å²) in [5.41, 5.74) is 6.01. The second kappa shape index (κ2) is 9.55. The van der Waals surface area contributed by atoms with Gasteiger partial charge in [-0.05, 0) is 0 Å². The zero-order valence-corrected chi connectivity index (χ0v) is 14.7. The summed E-state index contributed by atoms with van der Waals surface area (Å²) < 4.78 is 0. The van der Waals surface area contributed by atoms with Gasteiger partial charge in [0, 0.05) is 55.7 Å². The van der Waals surface area contributed by atoms with Gasteiger partial charge in [0.25, 0.3) is 0 Å². The van der Waals surface area contributed by atoms with E-state index in [-0.39, 0.29) is 24.0 Å². The average Bonchev–Trinajstić information content (AvgIpc) is 2.41. The van der Waals surface area contributed by atoms with Crippen LogP contribution in [0.1, 0.15) is 0 Å². The first-order chi connectivity index (χ1) is 8.36. The fraction of sp³-hybridized carbons (Fsp3) is 0.909. The summed E-state index contributed by atoms with van der Waals surface area (Å²) in [7, 11) is 0. The highest BCUT2D eigenvalue weighted by Crippen LogP contribution is 2.09. The van der Waals surface area contributed by atoms with Gasteiger partial charge in [-0.1, -0.05) is 0 Å². The molecule has 0 saturated carbocycles. The maximum absolute atomic E-state index is 6.01. The van der Waals surface area contributed by atoms with Crippen molar-refractivity contribution in [2.24, 2.45) is 10.7 Å². The molecule has 0 aromatic rings.